The highest BCUT2D eigenvalue weighted by Gasteiger charge is 2.15. The molecule has 2 aromatic carbocycles. The van der Waals surface area contributed by atoms with Crippen LogP contribution < -0.4 is 10.1 Å². The summed E-state index contributed by atoms with van der Waals surface area (Å²) in [5.41, 5.74) is 3.54. The first kappa shape index (κ1) is 19.2. The van der Waals surface area contributed by atoms with E-state index in [0.717, 1.165) is 16.8 Å². The predicted molar refractivity (Wildman–Crippen MR) is 106 cm³/mol. The van der Waals surface area contributed by atoms with Crippen molar-refractivity contribution in [3.63, 3.8) is 0 Å². The lowest BCUT2D eigenvalue weighted by Gasteiger charge is -2.11. The summed E-state index contributed by atoms with van der Waals surface area (Å²) in [6, 6.07) is 11.0. The highest BCUT2D eigenvalue weighted by atomic mass is 35.5. The van der Waals surface area contributed by atoms with Crippen LogP contribution in [0, 0.1) is 13.8 Å². The summed E-state index contributed by atoms with van der Waals surface area (Å²) < 4.78 is 6.89. The molecule has 3 rings (SSSR count). The van der Waals surface area contributed by atoms with Crippen molar-refractivity contribution < 1.29 is 9.53 Å². The average Bonchev–Trinajstić information content (AvgIpc) is 3.08. The second-order valence-electron chi connectivity index (χ2n) is 5.80. The lowest BCUT2D eigenvalue weighted by Crippen LogP contribution is -2.15. The molecule has 0 spiro atoms. The molecule has 0 saturated carbocycles. The maximum Gasteiger partial charge on any atom is 0.234 e. The number of para-hydroxylation sites is 1. The number of benzene rings is 2. The van der Waals surface area contributed by atoms with E-state index < -0.39 is 0 Å². The molecule has 3 aromatic rings. The SMILES string of the molecule is COc1ccc(Cl)cc1NC(=O)CSc1nnnn1-c1c(C)cccc1C. The standard InChI is InChI=1S/C18H18ClN5O2S/c1-11-5-4-6-12(2)17(11)24-18(21-22-23-24)27-10-16(25)20-14-9-13(19)7-8-15(14)26-3/h4-9H,10H2,1-3H3,(H,20,25). The van der Waals surface area contributed by atoms with Crippen LogP contribution in [0.4, 0.5) is 5.69 Å². The number of nitrogens with one attached hydrogen (secondary N) is 1. The first-order chi connectivity index (χ1) is 13.0. The number of halogens is 1. The van der Waals surface area contributed by atoms with Crippen LogP contribution in [0.5, 0.6) is 5.75 Å². The van der Waals surface area contributed by atoms with Crippen molar-refractivity contribution in [2.45, 2.75) is 19.0 Å². The van der Waals surface area contributed by atoms with Crippen molar-refractivity contribution in [3.8, 4) is 11.4 Å². The van der Waals surface area contributed by atoms with Gasteiger partial charge in [-0.15, -0.1) is 5.10 Å². The molecule has 0 aliphatic carbocycles. The number of aromatic nitrogens is 4. The van der Waals surface area contributed by atoms with Gasteiger partial charge in [0, 0.05) is 5.02 Å². The summed E-state index contributed by atoms with van der Waals surface area (Å²) >= 11 is 7.24. The molecule has 0 saturated heterocycles. The molecule has 0 unspecified atom stereocenters. The fourth-order valence-corrected chi connectivity index (χ4v) is 3.49. The fraction of sp³-hybridized carbons (Fsp3) is 0.222. The zero-order valence-corrected chi connectivity index (χ0v) is 16.6. The minimum atomic E-state index is -0.211. The van der Waals surface area contributed by atoms with Crippen LogP contribution in [0.1, 0.15) is 11.1 Å². The van der Waals surface area contributed by atoms with E-state index in [1.54, 1.807) is 22.9 Å². The lowest BCUT2D eigenvalue weighted by atomic mass is 10.1. The molecule has 9 heteroatoms. The third-order valence-corrected chi connectivity index (χ3v) is 5.01. The Labute approximate surface area is 166 Å². The number of methoxy groups -OCH3 is 1. The zero-order valence-electron chi connectivity index (χ0n) is 15.1. The third kappa shape index (κ3) is 4.40. The van der Waals surface area contributed by atoms with Crippen LogP contribution in [-0.4, -0.2) is 39.0 Å². The number of carbonyl (C=O) groups excluding carboxylic acids is 1. The maximum absolute atomic E-state index is 12.4. The third-order valence-electron chi connectivity index (χ3n) is 3.86. The largest absolute Gasteiger partial charge is 0.495 e. The van der Waals surface area contributed by atoms with Crippen molar-refractivity contribution in [1.29, 1.82) is 0 Å². The monoisotopic (exact) mass is 403 g/mol. The van der Waals surface area contributed by atoms with E-state index in [9.17, 15) is 4.79 Å². The molecular weight excluding hydrogens is 386 g/mol. The van der Waals surface area contributed by atoms with Gasteiger partial charge in [-0.2, -0.15) is 4.68 Å². The number of ether oxygens (including phenoxy) is 1. The fourth-order valence-electron chi connectivity index (χ4n) is 2.64. The normalized spacial score (nSPS) is 10.7. The molecule has 0 aliphatic heterocycles. The first-order valence-electron chi connectivity index (χ1n) is 8.10. The second kappa shape index (κ2) is 8.41. The van der Waals surface area contributed by atoms with Crippen LogP contribution in [-0.2, 0) is 4.79 Å². The maximum atomic E-state index is 12.4. The van der Waals surface area contributed by atoms with Crippen LogP contribution in [0.2, 0.25) is 5.02 Å². The Balaban J connectivity index is 1.73. The quantitative estimate of drug-likeness (QED) is 0.632. The molecule has 0 aliphatic rings. The highest BCUT2D eigenvalue weighted by molar-refractivity contribution is 7.99. The summed E-state index contributed by atoms with van der Waals surface area (Å²) in [4.78, 5) is 12.4. The van der Waals surface area contributed by atoms with Gasteiger partial charge in [-0.25, -0.2) is 0 Å². The number of thioether (sulfide) groups is 1. The van der Waals surface area contributed by atoms with E-state index in [2.05, 4.69) is 20.8 Å². The van der Waals surface area contributed by atoms with Crippen LogP contribution in [0.3, 0.4) is 0 Å². The van der Waals surface area contributed by atoms with Gasteiger partial charge in [0.25, 0.3) is 0 Å². The Morgan fingerprint density at radius 2 is 2.00 bits per heavy atom. The number of aryl methyl sites for hydroxylation is 2. The molecule has 0 radical (unpaired) electrons. The lowest BCUT2D eigenvalue weighted by molar-refractivity contribution is -0.113. The summed E-state index contributed by atoms with van der Waals surface area (Å²) in [6.07, 6.45) is 0. The van der Waals surface area contributed by atoms with Crippen LogP contribution >= 0.6 is 23.4 Å². The van der Waals surface area contributed by atoms with Gasteiger partial charge < -0.3 is 10.1 Å². The Morgan fingerprint density at radius 3 is 2.70 bits per heavy atom. The van der Waals surface area contributed by atoms with E-state index in [0.29, 0.717) is 21.6 Å². The summed E-state index contributed by atoms with van der Waals surface area (Å²) in [5.74, 6) is 0.468. The minimum Gasteiger partial charge on any atom is -0.495 e. The van der Waals surface area contributed by atoms with E-state index in [-0.39, 0.29) is 11.7 Å². The molecule has 1 heterocycles. The first-order valence-corrected chi connectivity index (χ1v) is 9.47. The molecule has 27 heavy (non-hydrogen) atoms. The van der Waals surface area contributed by atoms with E-state index >= 15 is 0 Å². The molecule has 1 aromatic heterocycles. The Morgan fingerprint density at radius 1 is 1.26 bits per heavy atom. The van der Waals surface area contributed by atoms with Crippen molar-refractivity contribution >= 4 is 35.0 Å². The topological polar surface area (TPSA) is 81.9 Å². The zero-order chi connectivity index (χ0) is 19.4. The number of nitrogens with zero attached hydrogens (tertiary/aromatic N) is 4. The van der Waals surface area contributed by atoms with Gasteiger partial charge in [0.1, 0.15) is 5.75 Å². The Hall–Kier alpha value is -2.58. The van der Waals surface area contributed by atoms with Gasteiger partial charge in [-0.1, -0.05) is 41.6 Å². The van der Waals surface area contributed by atoms with Gasteiger partial charge in [0.05, 0.1) is 24.2 Å². The molecule has 140 valence electrons. The molecule has 1 amide bonds. The van der Waals surface area contributed by atoms with Gasteiger partial charge in [-0.3, -0.25) is 4.79 Å². The Bertz CT molecular complexity index is 956. The molecule has 0 bridgehead atoms. The number of hydrogen-bond donors (Lipinski definition) is 1. The van der Waals surface area contributed by atoms with Crippen molar-refractivity contribution in [1.82, 2.24) is 20.2 Å². The summed E-state index contributed by atoms with van der Waals surface area (Å²) in [7, 11) is 1.53. The number of anilines is 1. The van der Waals surface area contributed by atoms with E-state index in [1.165, 1.54) is 18.9 Å². The summed E-state index contributed by atoms with van der Waals surface area (Å²) in [5, 5.41) is 15.7. The number of rotatable bonds is 6. The van der Waals surface area contributed by atoms with Gasteiger partial charge in [0.2, 0.25) is 11.1 Å². The Kier molecular flexibility index (Phi) is 5.98. The summed E-state index contributed by atoms with van der Waals surface area (Å²) in [6.45, 7) is 3.99. The van der Waals surface area contributed by atoms with Gasteiger partial charge in [-0.05, 0) is 53.6 Å². The second-order valence-corrected chi connectivity index (χ2v) is 7.17. The predicted octanol–water partition coefficient (Wildman–Crippen LogP) is 3.67. The van der Waals surface area contributed by atoms with Crippen molar-refractivity contribution in [2.75, 3.05) is 18.2 Å². The smallest absolute Gasteiger partial charge is 0.234 e. The average molecular weight is 404 g/mol. The number of amides is 1. The number of hydrogen-bond acceptors (Lipinski definition) is 6. The number of carbonyl (C=O) groups is 1. The van der Waals surface area contributed by atoms with Crippen LogP contribution in [0.15, 0.2) is 41.6 Å². The molecule has 0 atom stereocenters. The van der Waals surface area contributed by atoms with Crippen molar-refractivity contribution in [2.24, 2.45) is 0 Å². The highest BCUT2D eigenvalue weighted by Crippen LogP contribution is 2.28. The van der Waals surface area contributed by atoms with Gasteiger partial charge >= 0.3 is 0 Å². The number of tetrazole rings is 1. The molecular formula is C18H18ClN5O2S. The molecule has 7 nitrogen and oxygen atoms in total. The van der Waals surface area contributed by atoms with Crippen molar-refractivity contribution in [3.05, 3.63) is 52.5 Å². The van der Waals surface area contributed by atoms with Crippen LogP contribution in [0.25, 0.3) is 5.69 Å². The van der Waals surface area contributed by atoms with Gasteiger partial charge in [0.15, 0.2) is 0 Å². The molecule has 0 fully saturated rings. The minimum absolute atomic E-state index is 0.140. The molecule has 1 N–H and O–H groups in total. The van der Waals surface area contributed by atoms with E-state index in [4.69, 9.17) is 16.3 Å². The van der Waals surface area contributed by atoms with E-state index in [1.807, 2.05) is 32.0 Å².